The second-order valence-corrected chi connectivity index (χ2v) is 9.83. The predicted octanol–water partition coefficient (Wildman–Crippen LogP) is 6.77. The first-order chi connectivity index (χ1) is 17.6. The smallest absolute Gasteiger partial charge is 0.310 e. The van der Waals surface area contributed by atoms with Gasteiger partial charge in [0.1, 0.15) is 5.75 Å². The molecule has 36 heavy (non-hydrogen) atoms. The lowest BCUT2D eigenvalue weighted by Gasteiger charge is -2.12. The number of aryl methyl sites for hydroxylation is 1. The molecule has 5 nitrogen and oxygen atoms in total. The number of esters is 1. The number of ether oxygens (including phenoxy) is 2. The summed E-state index contributed by atoms with van der Waals surface area (Å²) in [6.45, 7) is 0.732. The first-order valence-corrected chi connectivity index (χ1v) is 13.9. The van der Waals surface area contributed by atoms with Crippen molar-refractivity contribution in [2.45, 2.75) is 56.3 Å². The fourth-order valence-corrected chi connectivity index (χ4v) is 4.77. The van der Waals surface area contributed by atoms with Crippen molar-refractivity contribution in [1.29, 1.82) is 0 Å². The average Bonchev–Trinajstić information content (AvgIpc) is 2.91. The van der Waals surface area contributed by atoms with E-state index in [0.29, 0.717) is 24.4 Å². The zero-order valence-corrected chi connectivity index (χ0v) is 22.1. The Labute approximate surface area is 219 Å². The van der Waals surface area contributed by atoms with Gasteiger partial charge in [0.05, 0.1) is 20.1 Å². The molecule has 0 fully saturated rings. The van der Waals surface area contributed by atoms with Crippen molar-refractivity contribution >= 4 is 29.3 Å². The minimum atomic E-state index is -0.300. The van der Waals surface area contributed by atoms with Crippen LogP contribution in [0.1, 0.15) is 49.7 Å². The SMILES string of the molecule is COC(=O)Cc1cc(NC(=O)CCc2ccc(OCCCCCC3C=CC=CC3)cc2)ccc1SC. The van der Waals surface area contributed by atoms with Gasteiger partial charge in [0.25, 0.3) is 0 Å². The summed E-state index contributed by atoms with van der Waals surface area (Å²) in [5.74, 6) is 1.22. The lowest BCUT2D eigenvalue weighted by molar-refractivity contribution is -0.139. The number of thioether (sulfide) groups is 1. The Bertz CT molecular complexity index is 1050. The van der Waals surface area contributed by atoms with E-state index in [1.807, 2.05) is 48.7 Å². The highest BCUT2D eigenvalue weighted by Crippen LogP contribution is 2.25. The van der Waals surface area contributed by atoms with Crippen LogP contribution in [0.15, 0.2) is 71.7 Å². The highest BCUT2D eigenvalue weighted by atomic mass is 32.2. The number of carbonyl (C=O) groups excluding carboxylic acids is 2. The predicted molar refractivity (Wildman–Crippen MR) is 148 cm³/mol. The zero-order chi connectivity index (χ0) is 25.6. The number of benzene rings is 2. The normalized spacial score (nSPS) is 14.4. The van der Waals surface area contributed by atoms with Crippen LogP contribution in [0.3, 0.4) is 0 Å². The minimum Gasteiger partial charge on any atom is -0.494 e. The standard InChI is InChI=1S/C30H37NO4S/c1-34-30(33)22-25-21-26(15-18-28(25)36-2)31-29(32)19-14-24-12-16-27(17-13-24)35-20-8-4-7-11-23-9-5-3-6-10-23/h3,5-6,9,12-13,15-18,21,23H,4,7-8,10-11,14,19-20,22H2,1-2H3,(H,31,32). The van der Waals surface area contributed by atoms with Crippen LogP contribution in [0.5, 0.6) is 5.75 Å². The molecule has 1 N–H and O–H groups in total. The van der Waals surface area contributed by atoms with Gasteiger partial charge in [-0.05, 0) is 79.3 Å². The van der Waals surface area contributed by atoms with Crippen molar-refractivity contribution in [3.63, 3.8) is 0 Å². The molecule has 2 aromatic carbocycles. The molecule has 1 aliphatic carbocycles. The molecule has 0 saturated carbocycles. The van der Waals surface area contributed by atoms with Crippen LogP contribution in [-0.2, 0) is 27.2 Å². The van der Waals surface area contributed by atoms with Gasteiger partial charge in [0, 0.05) is 17.0 Å². The van der Waals surface area contributed by atoms with Gasteiger partial charge in [-0.2, -0.15) is 0 Å². The Morgan fingerprint density at radius 3 is 2.61 bits per heavy atom. The summed E-state index contributed by atoms with van der Waals surface area (Å²) in [5, 5.41) is 2.94. The molecule has 0 saturated heterocycles. The van der Waals surface area contributed by atoms with Gasteiger partial charge < -0.3 is 14.8 Å². The molecule has 1 aliphatic rings. The Hall–Kier alpha value is -2.99. The number of amides is 1. The van der Waals surface area contributed by atoms with Crippen LogP contribution in [0.4, 0.5) is 5.69 Å². The third-order valence-electron chi connectivity index (χ3n) is 6.25. The van der Waals surface area contributed by atoms with Crippen LogP contribution in [0, 0.1) is 5.92 Å². The van der Waals surface area contributed by atoms with Crippen molar-refractivity contribution in [3.05, 3.63) is 77.9 Å². The molecule has 192 valence electrons. The number of anilines is 1. The second-order valence-electron chi connectivity index (χ2n) is 8.98. The molecule has 0 bridgehead atoms. The van der Waals surface area contributed by atoms with Gasteiger partial charge in [-0.15, -0.1) is 11.8 Å². The van der Waals surface area contributed by atoms with E-state index in [4.69, 9.17) is 9.47 Å². The van der Waals surface area contributed by atoms with Crippen molar-refractivity contribution in [2.75, 3.05) is 25.3 Å². The van der Waals surface area contributed by atoms with Gasteiger partial charge in [-0.1, -0.05) is 49.3 Å². The fourth-order valence-electron chi connectivity index (χ4n) is 4.18. The van der Waals surface area contributed by atoms with E-state index in [1.165, 1.54) is 32.8 Å². The largest absolute Gasteiger partial charge is 0.494 e. The van der Waals surface area contributed by atoms with E-state index in [-0.39, 0.29) is 18.3 Å². The summed E-state index contributed by atoms with van der Waals surface area (Å²) in [4.78, 5) is 25.2. The Kier molecular flexibility index (Phi) is 11.6. The topological polar surface area (TPSA) is 64.6 Å². The van der Waals surface area contributed by atoms with Crippen LogP contribution < -0.4 is 10.1 Å². The molecular formula is C30H37NO4S. The minimum absolute atomic E-state index is 0.0593. The van der Waals surface area contributed by atoms with E-state index in [2.05, 4.69) is 29.6 Å². The summed E-state index contributed by atoms with van der Waals surface area (Å²) >= 11 is 1.56. The zero-order valence-electron chi connectivity index (χ0n) is 21.3. The van der Waals surface area contributed by atoms with Crippen molar-refractivity contribution < 1.29 is 19.1 Å². The van der Waals surface area contributed by atoms with Crippen LogP contribution in [0.2, 0.25) is 0 Å². The highest BCUT2D eigenvalue weighted by molar-refractivity contribution is 7.98. The monoisotopic (exact) mass is 507 g/mol. The van der Waals surface area contributed by atoms with Gasteiger partial charge in [-0.25, -0.2) is 0 Å². The molecule has 3 rings (SSSR count). The molecule has 0 radical (unpaired) electrons. The second kappa shape index (κ2) is 15.2. The van der Waals surface area contributed by atoms with Crippen LogP contribution >= 0.6 is 11.8 Å². The van der Waals surface area contributed by atoms with Crippen molar-refractivity contribution in [2.24, 2.45) is 5.92 Å². The van der Waals surface area contributed by atoms with E-state index in [0.717, 1.165) is 34.8 Å². The first-order valence-electron chi connectivity index (χ1n) is 12.7. The molecule has 0 aromatic heterocycles. The van der Waals surface area contributed by atoms with Gasteiger partial charge >= 0.3 is 5.97 Å². The Balaban J connectivity index is 1.35. The molecule has 0 spiro atoms. The summed E-state index contributed by atoms with van der Waals surface area (Å²) < 4.78 is 10.7. The number of carbonyl (C=O) groups is 2. The number of methoxy groups -OCH3 is 1. The van der Waals surface area contributed by atoms with Gasteiger partial charge in [0.2, 0.25) is 5.91 Å². The van der Waals surface area contributed by atoms with Crippen LogP contribution in [-0.4, -0.2) is 31.8 Å². The number of hydrogen-bond donors (Lipinski definition) is 1. The summed E-state index contributed by atoms with van der Waals surface area (Å²) in [6.07, 6.45) is 17.9. The number of allylic oxidation sites excluding steroid dienone is 4. The Morgan fingerprint density at radius 2 is 1.89 bits per heavy atom. The third kappa shape index (κ3) is 9.57. The maximum absolute atomic E-state index is 12.5. The molecule has 1 amide bonds. The molecule has 1 unspecified atom stereocenters. The highest BCUT2D eigenvalue weighted by Gasteiger charge is 2.11. The molecule has 0 heterocycles. The fraction of sp³-hybridized carbons (Fsp3) is 0.400. The van der Waals surface area contributed by atoms with Crippen molar-refractivity contribution in [3.8, 4) is 5.75 Å². The molecule has 6 heteroatoms. The number of hydrogen-bond acceptors (Lipinski definition) is 5. The molecule has 1 atom stereocenters. The number of unbranched alkanes of at least 4 members (excludes halogenated alkanes) is 2. The van der Waals surface area contributed by atoms with Crippen molar-refractivity contribution in [1.82, 2.24) is 0 Å². The van der Waals surface area contributed by atoms with E-state index in [1.54, 1.807) is 11.8 Å². The maximum Gasteiger partial charge on any atom is 0.310 e. The summed E-state index contributed by atoms with van der Waals surface area (Å²) in [7, 11) is 1.38. The average molecular weight is 508 g/mol. The first kappa shape index (κ1) is 27.6. The van der Waals surface area contributed by atoms with Crippen LogP contribution in [0.25, 0.3) is 0 Å². The summed E-state index contributed by atoms with van der Waals surface area (Å²) in [5.41, 5.74) is 2.63. The van der Waals surface area contributed by atoms with E-state index >= 15 is 0 Å². The lowest BCUT2D eigenvalue weighted by Crippen LogP contribution is -2.13. The summed E-state index contributed by atoms with van der Waals surface area (Å²) in [6, 6.07) is 13.6. The van der Waals surface area contributed by atoms with E-state index < -0.39 is 0 Å². The third-order valence-corrected chi connectivity index (χ3v) is 7.09. The molecule has 0 aliphatic heterocycles. The number of nitrogens with one attached hydrogen (secondary N) is 1. The maximum atomic E-state index is 12.5. The molecule has 2 aromatic rings. The van der Waals surface area contributed by atoms with E-state index in [9.17, 15) is 9.59 Å². The number of rotatable bonds is 14. The Morgan fingerprint density at radius 1 is 1.06 bits per heavy atom. The van der Waals surface area contributed by atoms with Gasteiger partial charge in [-0.3, -0.25) is 9.59 Å². The van der Waals surface area contributed by atoms with Gasteiger partial charge in [0.15, 0.2) is 0 Å². The lowest BCUT2D eigenvalue weighted by atomic mass is 9.95. The molecular weight excluding hydrogens is 470 g/mol. The quantitative estimate of drug-likeness (QED) is 0.174.